The molecule has 2 aliphatic heterocycles. The lowest BCUT2D eigenvalue weighted by molar-refractivity contribution is -0.121. The minimum absolute atomic E-state index is 0.0182. The van der Waals surface area contributed by atoms with E-state index in [1.807, 2.05) is 0 Å². The van der Waals surface area contributed by atoms with Gasteiger partial charge in [0.2, 0.25) is 0 Å². The van der Waals surface area contributed by atoms with Crippen LogP contribution in [0.3, 0.4) is 0 Å². The number of carbonyl (C=O) groups excluding carboxylic acids is 1. The van der Waals surface area contributed by atoms with Crippen LogP contribution in [-0.2, 0) is 4.79 Å². The third kappa shape index (κ3) is 2.06. The number of amides is 1. The highest BCUT2D eigenvalue weighted by Gasteiger charge is 2.31. The summed E-state index contributed by atoms with van der Waals surface area (Å²) in [5, 5.41) is 10.3. The van der Waals surface area contributed by atoms with Gasteiger partial charge in [-0.05, 0) is 35.9 Å². The predicted molar refractivity (Wildman–Crippen MR) is 73.6 cm³/mol. The Labute approximate surface area is 114 Å². The first-order valence-electron chi connectivity index (χ1n) is 5.62. The summed E-state index contributed by atoms with van der Waals surface area (Å²) in [6.45, 7) is 0. The van der Waals surface area contributed by atoms with Crippen molar-refractivity contribution < 1.29 is 9.90 Å². The molecule has 1 amide bonds. The summed E-state index contributed by atoms with van der Waals surface area (Å²) in [6.07, 6.45) is 6.32. The number of rotatable bonds is 1. The summed E-state index contributed by atoms with van der Waals surface area (Å²) in [6, 6.07) is 7.08. The molecule has 0 aliphatic carbocycles. The summed E-state index contributed by atoms with van der Waals surface area (Å²) in [7, 11) is 0. The number of aliphatic hydroxyl groups is 1. The highest BCUT2D eigenvalue weighted by Crippen LogP contribution is 2.23. The summed E-state index contributed by atoms with van der Waals surface area (Å²) in [4.78, 5) is 17.5. The number of aliphatic imine (C=N–C) groups is 1. The van der Waals surface area contributed by atoms with Gasteiger partial charge in [-0.2, -0.15) is 0 Å². The number of hydrogen-bond acceptors (Lipinski definition) is 3. The van der Waals surface area contributed by atoms with Gasteiger partial charge in [-0.25, -0.2) is 4.99 Å². The molecule has 0 aromatic heterocycles. The molecule has 0 fully saturated rings. The second-order valence-corrected chi connectivity index (χ2v) is 4.52. The fourth-order valence-electron chi connectivity index (χ4n) is 1.86. The molecule has 5 heteroatoms. The molecule has 0 unspecified atom stereocenters. The topological polar surface area (TPSA) is 52.9 Å². The molecule has 19 heavy (non-hydrogen) atoms. The van der Waals surface area contributed by atoms with Gasteiger partial charge in [0.1, 0.15) is 5.70 Å². The number of nitrogens with zero attached hydrogens (tertiary/aromatic N) is 2. The van der Waals surface area contributed by atoms with Gasteiger partial charge in [-0.3, -0.25) is 9.69 Å². The van der Waals surface area contributed by atoms with Crippen LogP contribution in [-0.4, -0.2) is 21.7 Å². The SMILES string of the molecule is O=C1/C(=C/c2ccc(Cl)cc2)N=C2C(O)=CC=CN12. The quantitative estimate of drug-likeness (QED) is 0.799. The van der Waals surface area contributed by atoms with Crippen LogP contribution in [0.1, 0.15) is 5.56 Å². The van der Waals surface area contributed by atoms with E-state index in [-0.39, 0.29) is 23.2 Å². The zero-order valence-electron chi connectivity index (χ0n) is 9.75. The molecule has 0 bridgehead atoms. The van der Waals surface area contributed by atoms with E-state index in [1.54, 1.807) is 42.6 Å². The molecule has 2 heterocycles. The maximum Gasteiger partial charge on any atom is 0.282 e. The molecule has 94 valence electrons. The maximum atomic E-state index is 12.1. The largest absolute Gasteiger partial charge is 0.504 e. The number of hydrogen-bond donors (Lipinski definition) is 1. The number of aliphatic hydroxyl groups excluding tert-OH is 1. The van der Waals surface area contributed by atoms with Gasteiger partial charge in [0.15, 0.2) is 11.6 Å². The second kappa shape index (κ2) is 4.40. The minimum atomic E-state index is -0.263. The van der Waals surface area contributed by atoms with Crippen molar-refractivity contribution in [3.05, 3.63) is 64.7 Å². The van der Waals surface area contributed by atoms with E-state index in [4.69, 9.17) is 11.6 Å². The van der Waals surface area contributed by atoms with E-state index in [1.165, 1.54) is 11.0 Å². The average molecular weight is 273 g/mol. The van der Waals surface area contributed by atoms with Crippen molar-refractivity contribution >= 4 is 29.4 Å². The molecular weight excluding hydrogens is 264 g/mol. The smallest absolute Gasteiger partial charge is 0.282 e. The van der Waals surface area contributed by atoms with Crippen LogP contribution in [0.5, 0.6) is 0 Å². The maximum absolute atomic E-state index is 12.1. The van der Waals surface area contributed by atoms with Crippen LogP contribution < -0.4 is 0 Å². The average Bonchev–Trinajstić information content (AvgIpc) is 2.72. The van der Waals surface area contributed by atoms with Crippen LogP contribution in [0.4, 0.5) is 0 Å². The molecule has 4 nitrogen and oxygen atoms in total. The first-order valence-corrected chi connectivity index (χ1v) is 6.00. The Morgan fingerprint density at radius 1 is 1.26 bits per heavy atom. The highest BCUT2D eigenvalue weighted by atomic mass is 35.5. The predicted octanol–water partition coefficient (Wildman–Crippen LogP) is 2.89. The lowest BCUT2D eigenvalue weighted by Crippen LogP contribution is -2.29. The summed E-state index contributed by atoms with van der Waals surface area (Å²) in [5.74, 6) is -0.0241. The van der Waals surface area contributed by atoms with Crippen molar-refractivity contribution in [3.63, 3.8) is 0 Å². The third-order valence-corrected chi connectivity index (χ3v) is 3.04. The monoisotopic (exact) mass is 272 g/mol. The number of carbonyl (C=O) groups is 1. The van der Waals surface area contributed by atoms with Gasteiger partial charge in [0.05, 0.1) is 0 Å². The number of allylic oxidation sites excluding steroid dienone is 2. The van der Waals surface area contributed by atoms with Gasteiger partial charge < -0.3 is 5.11 Å². The lowest BCUT2D eigenvalue weighted by Gasteiger charge is -2.14. The fourth-order valence-corrected chi connectivity index (χ4v) is 1.99. The normalized spacial score (nSPS) is 19.5. The van der Waals surface area contributed by atoms with E-state index >= 15 is 0 Å². The minimum Gasteiger partial charge on any atom is -0.504 e. The first-order chi connectivity index (χ1) is 9.15. The van der Waals surface area contributed by atoms with Crippen LogP contribution in [0.2, 0.25) is 5.02 Å². The van der Waals surface area contributed by atoms with E-state index in [2.05, 4.69) is 4.99 Å². The van der Waals surface area contributed by atoms with Crippen LogP contribution in [0.15, 0.2) is 59.1 Å². The summed E-state index contributed by atoms with van der Waals surface area (Å²) < 4.78 is 0. The molecule has 2 aliphatic rings. The van der Waals surface area contributed by atoms with Crippen molar-refractivity contribution in [2.45, 2.75) is 0 Å². The standard InChI is InChI=1S/C14H9ClN2O2/c15-10-5-3-9(4-6-10)8-11-14(19)17-7-1-2-12(18)13(17)16-11/h1-8,18H/b11-8-. The highest BCUT2D eigenvalue weighted by molar-refractivity contribution is 6.30. The van der Waals surface area contributed by atoms with E-state index in [0.717, 1.165) is 5.56 Å². The Bertz CT molecular complexity index is 669. The Morgan fingerprint density at radius 2 is 2.00 bits per heavy atom. The molecule has 3 rings (SSSR count). The van der Waals surface area contributed by atoms with Gasteiger partial charge in [-0.1, -0.05) is 23.7 Å². The molecule has 0 saturated heterocycles. The molecule has 1 N–H and O–H groups in total. The van der Waals surface area contributed by atoms with Crippen LogP contribution in [0.25, 0.3) is 6.08 Å². The van der Waals surface area contributed by atoms with Gasteiger partial charge >= 0.3 is 0 Å². The Balaban J connectivity index is 1.99. The zero-order chi connectivity index (χ0) is 13.4. The molecular formula is C14H9ClN2O2. The summed E-state index contributed by atoms with van der Waals surface area (Å²) in [5.41, 5.74) is 1.10. The van der Waals surface area contributed by atoms with Crippen molar-refractivity contribution in [1.82, 2.24) is 4.90 Å². The van der Waals surface area contributed by atoms with E-state index < -0.39 is 0 Å². The Hall–Kier alpha value is -2.33. The van der Waals surface area contributed by atoms with Crippen molar-refractivity contribution in [2.24, 2.45) is 4.99 Å². The fraction of sp³-hybridized carbons (Fsp3) is 0. The molecule has 0 radical (unpaired) electrons. The molecule has 1 aromatic carbocycles. The van der Waals surface area contributed by atoms with Crippen LogP contribution >= 0.6 is 11.6 Å². The van der Waals surface area contributed by atoms with Crippen LogP contribution in [0, 0.1) is 0 Å². The zero-order valence-corrected chi connectivity index (χ0v) is 10.5. The second-order valence-electron chi connectivity index (χ2n) is 4.09. The molecule has 1 aromatic rings. The van der Waals surface area contributed by atoms with Crippen molar-refractivity contribution in [2.75, 3.05) is 0 Å². The van der Waals surface area contributed by atoms with Gasteiger partial charge in [0.25, 0.3) is 5.91 Å². The molecule has 0 spiro atoms. The Kier molecular flexibility index (Phi) is 2.72. The molecule has 0 atom stereocenters. The number of benzene rings is 1. The number of amidine groups is 1. The molecule has 0 saturated carbocycles. The number of halogens is 1. The van der Waals surface area contributed by atoms with Crippen molar-refractivity contribution in [3.8, 4) is 0 Å². The number of fused-ring (bicyclic) bond motifs is 1. The van der Waals surface area contributed by atoms with E-state index in [0.29, 0.717) is 5.02 Å². The van der Waals surface area contributed by atoms with Gasteiger partial charge in [0, 0.05) is 11.2 Å². The summed E-state index contributed by atoms with van der Waals surface area (Å²) >= 11 is 5.80. The van der Waals surface area contributed by atoms with Crippen molar-refractivity contribution in [1.29, 1.82) is 0 Å². The third-order valence-electron chi connectivity index (χ3n) is 2.78. The lowest BCUT2D eigenvalue weighted by atomic mass is 10.2. The Morgan fingerprint density at radius 3 is 2.68 bits per heavy atom. The first kappa shape index (κ1) is 11.7. The van der Waals surface area contributed by atoms with Gasteiger partial charge in [-0.15, -0.1) is 0 Å². The van der Waals surface area contributed by atoms with E-state index in [9.17, 15) is 9.90 Å².